The van der Waals surface area contributed by atoms with E-state index in [1.165, 1.54) is 0 Å². The molecule has 3 heteroatoms. The van der Waals surface area contributed by atoms with E-state index in [0.717, 1.165) is 6.54 Å². The highest BCUT2D eigenvalue weighted by Crippen LogP contribution is 2.08. The molecule has 0 saturated heterocycles. The molecule has 0 heterocycles. The summed E-state index contributed by atoms with van der Waals surface area (Å²) < 4.78 is 11.7. The van der Waals surface area contributed by atoms with E-state index >= 15 is 0 Å². The third kappa shape index (κ3) is 12.3. The van der Waals surface area contributed by atoms with Gasteiger partial charge in [-0.15, -0.1) is 0 Å². The van der Waals surface area contributed by atoms with Crippen LogP contribution in [0.25, 0.3) is 0 Å². The molecule has 1 atom stereocenters. The van der Waals surface area contributed by atoms with E-state index in [1.807, 2.05) is 13.8 Å². The summed E-state index contributed by atoms with van der Waals surface area (Å²) in [6.45, 7) is 6.17. The Hall–Kier alpha value is -0.410. The molecule has 0 aliphatic carbocycles. The third-order valence-corrected chi connectivity index (χ3v) is 1.17. The van der Waals surface area contributed by atoms with Crippen molar-refractivity contribution in [1.29, 1.82) is 0 Å². The van der Waals surface area contributed by atoms with Crippen LogP contribution in [0.5, 0.6) is 0 Å². The normalized spacial score (nSPS) is 13.3. The molecule has 0 aromatic heterocycles. The summed E-state index contributed by atoms with van der Waals surface area (Å²) in [6.07, 6.45) is 1.29. The van der Waals surface area contributed by atoms with Crippen molar-refractivity contribution >= 4 is 0 Å². The zero-order valence-electron chi connectivity index (χ0n) is 8.18. The molecule has 2 nitrogen and oxygen atoms in total. The number of rotatable bonds is 3. The van der Waals surface area contributed by atoms with Crippen molar-refractivity contribution in [3.63, 3.8) is 0 Å². The lowest BCUT2D eigenvalue weighted by Crippen LogP contribution is -2.00. The molecule has 0 rings (SSSR count). The molecule has 12 heavy (non-hydrogen) atoms. The van der Waals surface area contributed by atoms with E-state index in [9.17, 15) is 4.39 Å². The van der Waals surface area contributed by atoms with Crippen molar-refractivity contribution in [2.24, 2.45) is 5.73 Å². The van der Waals surface area contributed by atoms with Gasteiger partial charge in [-0.2, -0.15) is 0 Å². The van der Waals surface area contributed by atoms with Gasteiger partial charge in [0.2, 0.25) is 0 Å². The fourth-order valence-electron chi connectivity index (χ4n) is 0.645. The first-order chi connectivity index (χ1) is 5.62. The van der Waals surface area contributed by atoms with Gasteiger partial charge in [-0.1, -0.05) is 13.8 Å². The van der Waals surface area contributed by atoms with Crippen molar-refractivity contribution < 1.29 is 9.50 Å². The number of aliphatic hydroxyl groups is 1. The van der Waals surface area contributed by atoms with E-state index in [1.54, 1.807) is 6.92 Å². The summed E-state index contributed by atoms with van der Waals surface area (Å²) in [5, 5.41) is 8.78. The Bertz CT molecular complexity index is 113. The zero-order chi connectivity index (χ0) is 9.98. The van der Waals surface area contributed by atoms with E-state index in [-0.39, 0.29) is 0 Å². The first-order valence-corrected chi connectivity index (χ1v) is 4.28. The molecule has 0 fully saturated rings. The predicted molar refractivity (Wildman–Crippen MR) is 50.5 cm³/mol. The van der Waals surface area contributed by atoms with Gasteiger partial charge in [0.15, 0.2) is 0 Å². The van der Waals surface area contributed by atoms with E-state index in [4.69, 9.17) is 10.8 Å². The van der Waals surface area contributed by atoms with Crippen molar-refractivity contribution in [3.05, 3.63) is 11.9 Å². The standard InChI is InChI=1S/C7H13FO.C2H7N/c1-3-7(5-8)4-6(2)9;1-2-3/h5-6,9H,3-4H2,1-2H3;2-3H2,1H3/b7-5-;/t6-;/m0./s1. The lowest BCUT2D eigenvalue weighted by molar-refractivity contribution is 0.194. The zero-order valence-corrected chi connectivity index (χ0v) is 8.18. The number of hydrogen-bond donors (Lipinski definition) is 2. The van der Waals surface area contributed by atoms with Crippen LogP contribution in [-0.4, -0.2) is 17.8 Å². The molecule has 0 amide bonds. The Kier molecular flexibility index (Phi) is 12.5. The van der Waals surface area contributed by atoms with Crippen LogP contribution < -0.4 is 5.73 Å². The fraction of sp³-hybridized carbons (Fsp3) is 0.778. The topological polar surface area (TPSA) is 46.2 Å². The average molecular weight is 177 g/mol. The Morgan fingerprint density at radius 3 is 2.08 bits per heavy atom. The maximum atomic E-state index is 11.7. The summed E-state index contributed by atoms with van der Waals surface area (Å²) in [5.74, 6) is 0. The van der Waals surface area contributed by atoms with E-state index in [2.05, 4.69) is 0 Å². The summed E-state index contributed by atoms with van der Waals surface area (Å²) in [5.41, 5.74) is 5.52. The minimum Gasteiger partial charge on any atom is -0.393 e. The van der Waals surface area contributed by atoms with Gasteiger partial charge < -0.3 is 10.8 Å². The highest BCUT2D eigenvalue weighted by Gasteiger charge is 1.98. The van der Waals surface area contributed by atoms with Crippen LogP contribution in [0.3, 0.4) is 0 Å². The Morgan fingerprint density at radius 2 is 2.00 bits per heavy atom. The molecule has 74 valence electrons. The minimum absolute atomic E-state index is 0.424. The highest BCUT2D eigenvalue weighted by molar-refractivity contribution is 4.97. The van der Waals surface area contributed by atoms with Crippen molar-refractivity contribution in [3.8, 4) is 0 Å². The Balaban J connectivity index is 0. The average Bonchev–Trinajstić information content (AvgIpc) is 2.01. The minimum atomic E-state index is -0.424. The van der Waals surface area contributed by atoms with Crippen LogP contribution in [0.15, 0.2) is 11.9 Å². The van der Waals surface area contributed by atoms with E-state index < -0.39 is 6.10 Å². The van der Waals surface area contributed by atoms with Gasteiger partial charge in [-0.05, 0) is 31.9 Å². The van der Waals surface area contributed by atoms with Crippen molar-refractivity contribution in [1.82, 2.24) is 0 Å². The second-order valence-electron chi connectivity index (χ2n) is 2.58. The van der Waals surface area contributed by atoms with Crippen molar-refractivity contribution in [2.45, 2.75) is 39.7 Å². The maximum Gasteiger partial charge on any atom is 0.0859 e. The van der Waals surface area contributed by atoms with Crippen LogP contribution in [0, 0.1) is 0 Å². The largest absolute Gasteiger partial charge is 0.393 e. The smallest absolute Gasteiger partial charge is 0.0859 e. The van der Waals surface area contributed by atoms with Gasteiger partial charge in [0.1, 0.15) is 0 Å². The summed E-state index contributed by atoms with van der Waals surface area (Å²) in [6, 6.07) is 0. The molecule has 0 spiro atoms. The molecule has 3 N–H and O–H groups in total. The fourth-order valence-corrected chi connectivity index (χ4v) is 0.645. The third-order valence-electron chi connectivity index (χ3n) is 1.17. The molecule has 0 aliphatic rings. The number of hydrogen-bond acceptors (Lipinski definition) is 2. The molecule has 0 unspecified atom stereocenters. The summed E-state index contributed by atoms with van der Waals surface area (Å²) in [7, 11) is 0. The lowest BCUT2D eigenvalue weighted by Gasteiger charge is -2.03. The number of aliphatic hydroxyl groups excluding tert-OH is 1. The SMILES string of the molecule is CC/C(=C/F)C[C@H](C)O.CCN. The number of nitrogens with two attached hydrogens (primary N) is 1. The van der Waals surface area contributed by atoms with Gasteiger partial charge >= 0.3 is 0 Å². The summed E-state index contributed by atoms with van der Waals surface area (Å²) in [4.78, 5) is 0. The number of halogens is 1. The van der Waals surface area contributed by atoms with Crippen LogP contribution >= 0.6 is 0 Å². The van der Waals surface area contributed by atoms with Gasteiger partial charge in [-0.25, -0.2) is 4.39 Å². The molecule has 0 aromatic rings. The van der Waals surface area contributed by atoms with E-state index in [0.29, 0.717) is 24.7 Å². The summed E-state index contributed by atoms with van der Waals surface area (Å²) >= 11 is 0. The molecule has 0 aromatic carbocycles. The Morgan fingerprint density at radius 1 is 1.58 bits per heavy atom. The van der Waals surface area contributed by atoms with Gasteiger partial charge in [-0.3, -0.25) is 0 Å². The lowest BCUT2D eigenvalue weighted by atomic mass is 10.1. The second-order valence-corrected chi connectivity index (χ2v) is 2.58. The van der Waals surface area contributed by atoms with Gasteiger partial charge in [0.25, 0.3) is 0 Å². The monoisotopic (exact) mass is 177 g/mol. The molecule has 0 bridgehead atoms. The Labute approximate surface area is 74.3 Å². The van der Waals surface area contributed by atoms with Crippen LogP contribution in [0.2, 0.25) is 0 Å². The predicted octanol–water partition coefficient (Wildman–Crippen LogP) is 1.99. The highest BCUT2D eigenvalue weighted by atomic mass is 19.1. The van der Waals surface area contributed by atoms with Crippen LogP contribution in [0.1, 0.15) is 33.6 Å². The quantitative estimate of drug-likeness (QED) is 0.692. The van der Waals surface area contributed by atoms with Crippen LogP contribution in [-0.2, 0) is 0 Å². The van der Waals surface area contributed by atoms with Gasteiger partial charge in [0, 0.05) is 0 Å². The van der Waals surface area contributed by atoms with Gasteiger partial charge in [0.05, 0.1) is 12.4 Å². The van der Waals surface area contributed by atoms with Crippen LogP contribution in [0.4, 0.5) is 4.39 Å². The first kappa shape index (κ1) is 14.1. The molecule has 0 saturated carbocycles. The first-order valence-electron chi connectivity index (χ1n) is 4.28. The molecule has 0 aliphatic heterocycles. The maximum absolute atomic E-state index is 11.7. The molecule has 0 radical (unpaired) electrons. The van der Waals surface area contributed by atoms with Crippen molar-refractivity contribution in [2.75, 3.05) is 6.54 Å². The molecular weight excluding hydrogens is 157 g/mol. The second kappa shape index (κ2) is 10.6. The molecular formula is C9H20FNO.